The smallest absolute Gasteiger partial charge is 0.0355 e. The van der Waals surface area contributed by atoms with E-state index in [1.165, 1.54) is 16.7 Å². The van der Waals surface area contributed by atoms with E-state index >= 15 is 0 Å². The number of allylic oxidation sites excluding steroid dienone is 1. The number of benzene rings is 2. The van der Waals surface area contributed by atoms with Crippen molar-refractivity contribution in [2.45, 2.75) is 13.8 Å². The molecule has 2 rings (SSSR count). The van der Waals surface area contributed by atoms with E-state index in [1.54, 1.807) is 6.92 Å². The maximum Gasteiger partial charge on any atom is 0.0355 e. The van der Waals surface area contributed by atoms with E-state index in [2.05, 4.69) is 43.0 Å². The SMILES string of the molecule is C=C(C)c1ccc(-c2ccc(C(C)=N)cc2)cc1. The molecular weight excluding hydrogens is 218 g/mol. The van der Waals surface area contributed by atoms with Crippen molar-refractivity contribution in [2.75, 3.05) is 0 Å². The van der Waals surface area contributed by atoms with Crippen LogP contribution in [-0.2, 0) is 0 Å². The van der Waals surface area contributed by atoms with Crippen molar-refractivity contribution in [3.05, 3.63) is 66.2 Å². The highest BCUT2D eigenvalue weighted by atomic mass is 14.4. The molecule has 1 nitrogen and oxygen atoms in total. The number of nitrogens with one attached hydrogen (secondary N) is 1. The predicted octanol–water partition coefficient (Wildman–Crippen LogP) is 4.77. The Hall–Kier alpha value is -2.15. The molecule has 0 saturated carbocycles. The Morgan fingerprint density at radius 2 is 1.17 bits per heavy atom. The summed E-state index contributed by atoms with van der Waals surface area (Å²) in [6.07, 6.45) is 0. The van der Waals surface area contributed by atoms with Crippen molar-refractivity contribution in [1.29, 1.82) is 5.41 Å². The van der Waals surface area contributed by atoms with Crippen LogP contribution < -0.4 is 0 Å². The van der Waals surface area contributed by atoms with Crippen LogP contribution in [0.15, 0.2) is 55.1 Å². The fraction of sp³-hybridized carbons (Fsp3) is 0.118. The Labute approximate surface area is 108 Å². The summed E-state index contributed by atoms with van der Waals surface area (Å²) in [6, 6.07) is 16.5. The van der Waals surface area contributed by atoms with E-state index in [0.29, 0.717) is 5.71 Å². The van der Waals surface area contributed by atoms with Crippen LogP contribution in [0.25, 0.3) is 16.7 Å². The van der Waals surface area contributed by atoms with Crippen molar-refractivity contribution >= 4 is 11.3 Å². The Balaban J connectivity index is 2.31. The lowest BCUT2D eigenvalue weighted by Crippen LogP contribution is -1.90. The van der Waals surface area contributed by atoms with Crippen LogP contribution in [0, 0.1) is 5.41 Å². The molecule has 90 valence electrons. The minimum Gasteiger partial charge on any atom is -0.305 e. The summed E-state index contributed by atoms with van der Waals surface area (Å²) >= 11 is 0. The Kier molecular flexibility index (Phi) is 3.42. The minimum atomic E-state index is 0.596. The van der Waals surface area contributed by atoms with Crippen molar-refractivity contribution < 1.29 is 0 Å². The van der Waals surface area contributed by atoms with E-state index in [1.807, 2.05) is 19.1 Å². The van der Waals surface area contributed by atoms with Crippen LogP contribution in [0.5, 0.6) is 0 Å². The normalized spacial score (nSPS) is 10.1. The van der Waals surface area contributed by atoms with Gasteiger partial charge in [-0.05, 0) is 36.1 Å². The zero-order valence-corrected chi connectivity index (χ0v) is 10.8. The maximum atomic E-state index is 7.58. The van der Waals surface area contributed by atoms with E-state index in [9.17, 15) is 0 Å². The third-order valence-corrected chi connectivity index (χ3v) is 3.03. The van der Waals surface area contributed by atoms with Crippen LogP contribution in [-0.4, -0.2) is 5.71 Å². The summed E-state index contributed by atoms with van der Waals surface area (Å²) < 4.78 is 0. The van der Waals surface area contributed by atoms with Gasteiger partial charge in [-0.1, -0.05) is 60.7 Å². The first-order valence-corrected chi connectivity index (χ1v) is 6.00. The summed E-state index contributed by atoms with van der Waals surface area (Å²) in [7, 11) is 0. The fourth-order valence-electron chi connectivity index (χ4n) is 1.86. The summed E-state index contributed by atoms with van der Waals surface area (Å²) in [4.78, 5) is 0. The van der Waals surface area contributed by atoms with E-state index in [0.717, 1.165) is 11.1 Å². The monoisotopic (exact) mass is 235 g/mol. The minimum absolute atomic E-state index is 0.596. The summed E-state index contributed by atoms with van der Waals surface area (Å²) in [6.45, 7) is 7.75. The molecule has 0 atom stereocenters. The van der Waals surface area contributed by atoms with Gasteiger partial charge in [-0.3, -0.25) is 0 Å². The molecule has 1 heteroatoms. The van der Waals surface area contributed by atoms with Crippen molar-refractivity contribution in [3.63, 3.8) is 0 Å². The van der Waals surface area contributed by atoms with Crippen molar-refractivity contribution in [1.82, 2.24) is 0 Å². The van der Waals surface area contributed by atoms with Crippen LogP contribution in [0.1, 0.15) is 25.0 Å². The van der Waals surface area contributed by atoms with E-state index < -0.39 is 0 Å². The molecule has 2 aromatic rings. The molecule has 0 aromatic heterocycles. The quantitative estimate of drug-likeness (QED) is 0.741. The highest BCUT2D eigenvalue weighted by Crippen LogP contribution is 2.22. The Morgan fingerprint density at radius 3 is 1.50 bits per heavy atom. The molecule has 1 N–H and O–H groups in total. The molecule has 0 aliphatic rings. The first kappa shape index (κ1) is 12.3. The summed E-state index contributed by atoms with van der Waals surface area (Å²) in [5.74, 6) is 0. The van der Waals surface area contributed by atoms with Gasteiger partial charge < -0.3 is 5.41 Å². The van der Waals surface area contributed by atoms with E-state index in [4.69, 9.17) is 5.41 Å². The first-order chi connectivity index (χ1) is 8.58. The lowest BCUT2D eigenvalue weighted by molar-refractivity contribution is 1.45. The second kappa shape index (κ2) is 5.01. The molecule has 0 amide bonds. The van der Waals surface area contributed by atoms with Gasteiger partial charge in [-0.15, -0.1) is 0 Å². The van der Waals surface area contributed by atoms with Crippen LogP contribution in [0.4, 0.5) is 0 Å². The molecular formula is C17H17N. The standard InChI is InChI=1S/C17H17N/c1-12(2)14-4-8-16(9-5-14)17-10-6-15(7-11-17)13(3)18/h4-11,18H,1H2,2-3H3. The number of hydrogen-bond donors (Lipinski definition) is 1. The highest BCUT2D eigenvalue weighted by molar-refractivity contribution is 5.96. The molecule has 18 heavy (non-hydrogen) atoms. The molecule has 2 aromatic carbocycles. The highest BCUT2D eigenvalue weighted by Gasteiger charge is 2.00. The predicted molar refractivity (Wildman–Crippen MR) is 79.1 cm³/mol. The molecule has 0 heterocycles. The second-order valence-corrected chi connectivity index (χ2v) is 4.56. The van der Waals surface area contributed by atoms with Gasteiger partial charge in [0.1, 0.15) is 0 Å². The van der Waals surface area contributed by atoms with Gasteiger partial charge in [0.2, 0.25) is 0 Å². The molecule has 0 unspecified atom stereocenters. The molecule has 0 fully saturated rings. The van der Waals surface area contributed by atoms with Crippen LogP contribution in [0.3, 0.4) is 0 Å². The molecule has 0 bridgehead atoms. The molecule has 0 saturated heterocycles. The van der Waals surface area contributed by atoms with Gasteiger partial charge in [0.05, 0.1) is 0 Å². The van der Waals surface area contributed by atoms with Gasteiger partial charge in [0, 0.05) is 5.71 Å². The van der Waals surface area contributed by atoms with Gasteiger partial charge >= 0.3 is 0 Å². The van der Waals surface area contributed by atoms with Crippen molar-refractivity contribution in [2.24, 2.45) is 0 Å². The molecule has 0 aliphatic heterocycles. The Morgan fingerprint density at radius 1 is 0.778 bits per heavy atom. The third-order valence-electron chi connectivity index (χ3n) is 3.03. The topological polar surface area (TPSA) is 23.9 Å². The zero-order valence-electron chi connectivity index (χ0n) is 10.8. The van der Waals surface area contributed by atoms with Gasteiger partial charge in [0.25, 0.3) is 0 Å². The fourth-order valence-corrected chi connectivity index (χ4v) is 1.86. The number of rotatable bonds is 3. The number of hydrogen-bond acceptors (Lipinski definition) is 1. The third kappa shape index (κ3) is 2.57. The van der Waals surface area contributed by atoms with Gasteiger partial charge in [0.15, 0.2) is 0 Å². The van der Waals surface area contributed by atoms with Crippen LogP contribution >= 0.6 is 0 Å². The lowest BCUT2D eigenvalue weighted by Gasteiger charge is -2.05. The van der Waals surface area contributed by atoms with Gasteiger partial charge in [-0.25, -0.2) is 0 Å². The second-order valence-electron chi connectivity index (χ2n) is 4.56. The average Bonchev–Trinajstić information content (AvgIpc) is 2.39. The summed E-state index contributed by atoms with van der Waals surface area (Å²) in [5.41, 5.74) is 6.18. The molecule has 0 spiro atoms. The van der Waals surface area contributed by atoms with Crippen LogP contribution in [0.2, 0.25) is 0 Å². The first-order valence-electron chi connectivity index (χ1n) is 6.00. The van der Waals surface area contributed by atoms with E-state index in [-0.39, 0.29) is 0 Å². The van der Waals surface area contributed by atoms with Gasteiger partial charge in [-0.2, -0.15) is 0 Å². The molecule has 0 aliphatic carbocycles. The summed E-state index contributed by atoms with van der Waals surface area (Å²) in [5, 5.41) is 7.58. The maximum absolute atomic E-state index is 7.58. The lowest BCUT2D eigenvalue weighted by atomic mass is 10.00. The molecule has 0 radical (unpaired) electrons. The van der Waals surface area contributed by atoms with Crippen molar-refractivity contribution in [3.8, 4) is 11.1 Å². The average molecular weight is 235 g/mol. The Bertz CT molecular complexity index is 519. The zero-order chi connectivity index (χ0) is 13.1. The largest absolute Gasteiger partial charge is 0.305 e.